The molecular weight excluding hydrogens is 322 g/mol. The topological polar surface area (TPSA) is 91.6 Å². The number of carbonyl (C=O) groups excluding carboxylic acids is 2. The highest BCUT2D eigenvalue weighted by Gasteiger charge is 2.25. The van der Waals surface area contributed by atoms with Crippen LogP contribution >= 0.6 is 0 Å². The number of amides is 2. The molecule has 0 aliphatic carbocycles. The van der Waals surface area contributed by atoms with Crippen LogP contribution in [0.4, 0.5) is 11.7 Å². The average molecular weight is 343 g/mol. The number of piperazine rings is 1. The zero-order valence-electron chi connectivity index (χ0n) is 14.4. The molecule has 1 N–H and O–H groups in total. The number of hydrogen-bond acceptors (Lipinski definition) is 6. The Morgan fingerprint density at radius 1 is 1.20 bits per heavy atom. The number of hydrogen-bond donors (Lipinski definition) is 1. The summed E-state index contributed by atoms with van der Waals surface area (Å²) in [6.45, 7) is 5.84. The van der Waals surface area contributed by atoms with E-state index in [9.17, 15) is 9.59 Å². The van der Waals surface area contributed by atoms with Crippen molar-refractivity contribution in [1.82, 2.24) is 15.1 Å². The summed E-state index contributed by atoms with van der Waals surface area (Å²) >= 11 is 0. The SMILES string of the molecule is CCc1nnc(N2CCN(C(=O)c3cccc(NC(C)=O)c3)CC2)o1. The second-order valence-corrected chi connectivity index (χ2v) is 5.87. The lowest BCUT2D eigenvalue weighted by Crippen LogP contribution is -2.49. The Morgan fingerprint density at radius 3 is 2.60 bits per heavy atom. The minimum absolute atomic E-state index is 0.0494. The van der Waals surface area contributed by atoms with E-state index < -0.39 is 0 Å². The minimum atomic E-state index is -0.163. The number of nitrogens with one attached hydrogen (secondary N) is 1. The molecule has 1 aromatic carbocycles. The summed E-state index contributed by atoms with van der Waals surface area (Å²) < 4.78 is 5.57. The maximum absolute atomic E-state index is 12.7. The number of anilines is 2. The minimum Gasteiger partial charge on any atom is -0.408 e. The van der Waals surface area contributed by atoms with Crippen LogP contribution in [0, 0.1) is 0 Å². The first-order chi connectivity index (χ1) is 12.1. The van der Waals surface area contributed by atoms with Crippen molar-refractivity contribution in [3.8, 4) is 0 Å². The number of nitrogens with zero attached hydrogens (tertiary/aromatic N) is 4. The maximum atomic E-state index is 12.7. The molecule has 25 heavy (non-hydrogen) atoms. The average Bonchev–Trinajstić information content (AvgIpc) is 3.10. The molecule has 8 heteroatoms. The molecule has 1 saturated heterocycles. The largest absolute Gasteiger partial charge is 0.408 e. The van der Waals surface area contributed by atoms with Gasteiger partial charge in [-0.15, -0.1) is 5.10 Å². The summed E-state index contributed by atoms with van der Waals surface area (Å²) in [5, 5.41) is 10.7. The summed E-state index contributed by atoms with van der Waals surface area (Å²) in [6, 6.07) is 7.49. The Morgan fingerprint density at radius 2 is 1.96 bits per heavy atom. The van der Waals surface area contributed by atoms with E-state index in [2.05, 4.69) is 15.5 Å². The van der Waals surface area contributed by atoms with E-state index >= 15 is 0 Å². The fraction of sp³-hybridized carbons (Fsp3) is 0.412. The Balaban J connectivity index is 1.62. The van der Waals surface area contributed by atoms with Crippen LogP contribution < -0.4 is 10.2 Å². The van der Waals surface area contributed by atoms with E-state index in [0.717, 1.165) is 0 Å². The van der Waals surface area contributed by atoms with Crippen LogP contribution in [0.3, 0.4) is 0 Å². The number of aromatic nitrogens is 2. The van der Waals surface area contributed by atoms with Crippen LogP contribution in [0.1, 0.15) is 30.1 Å². The van der Waals surface area contributed by atoms with Crippen molar-refractivity contribution in [1.29, 1.82) is 0 Å². The van der Waals surface area contributed by atoms with Crippen molar-refractivity contribution in [2.24, 2.45) is 0 Å². The molecule has 0 radical (unpaired) electrons. The molecule has 1 aliphatic rings. The molecule has 0 spiro atoms. The van der Waals surface area contributed by atoms with Gasteiger partial charge in [-0.05, 0) is 18.2 Å². The molecule has 1 aliphatic heterocycles. The summed E-state index contributed by atoms with van der Waals surface area (Å²) in [7, 11) is 0. The van der Waals surface area contributed by atoms with Crippen molar-refractivity contribution < 1.29 is 14.0 Å². The summed E-state index contributed by atoms with van der Waals surface area (Å²) in [4.78, 5) is 27.6. The predicted octanol–water partition coefficient (Wildman–Crippen LogP) is 1.55. The number of benzene rings is 1. The Hall–Kier alpha value is -2.90. The molecule has 2 aromatic rings. The standard InChI is InChI=1S/C17H21N5O3/c1-3-15-19-20-17(25-15)22-9-7-21(8-10-22)16(24)13-5-4-6-14(11-13)18-12(2)23/h4-6,11H,3,7-10H2,1-2H3,(H,18,23). The normalized spacial score (nSPS) is 14.5. The quantitative estimate of drug-likeness (QED) is 0.906. The van der Waals surface area contributed by atoms with Gasteiger partial charge in [0.1, 0.15) is 0 Å². The van der Waals surface area contributed by atoms with Crippen LogP contribution in [0.15, 0.2) is 28.7 Å². The molecule has 3 rings (SSSR count). The van der Waals surface area contributed by atoms with Gasteiger partial charge in [-0.25, -0.2) is 0 Å². The molecule has 2 heterocycles. The van der Waals surface area contributed by atoms with E-state index in [-0.39, 0.29) is 11.8 Å². The van der Waals surface area contributed by atoms with Crippen LogP contribution in [-0.4, -0.2) is 53.1 Å². The van der Waals surface area contributed by atoms with Gasteiger partial charge in [-0.3, -0.25) is 9.59 Å². The molecule has 0 unspecified atom stereocenters. The van der Waals surface area contributed by atoms with Crippen LogP contribution in [0.5, 0.6) is 0 Å². The van der Waals surface area contributed by atoms with Gasteiger partial charge < -0.3 is 19.5 Å². The van der Waals surface area contributed by atoms with E-state index in [1.807, 2.05) is 11.8 Å². The van der Waals surface area contributed by atoms with Gasteiger partial charge in [0, 0.05) is 50.8 Å². The maximum Gasteiger partial charge on any atom is 0.318 e. The second kappa shape index (κ2) is 7.33. The van der Waals surface area contributed by atoms with Crippen LogP contribution in [-0.2, 0) is 11.2 Å². The molecule has 0 bridgehead atoms. The van der Waals surface area contributed by atoms with Gasteiger partial charge >= 0.3 is 6.01 Å². The van der Waals surface area contributed by atoms with Crippen molar-refractivity contribution in [3.05, 3.63) is 35.7 Å². The molecule has 0 atom stereocenters. The summed E-state index contributed by atoms with van der Waals surface area (Å²) in [5.41, 5.74) is 1.18. The zero-order valence-corrected chi connectivity index (χ0v) is 14.4. The third-order valence-corrected chi connectivity index (χ3v) is 4.03. The fourth-order valence-corrected chi connectivity index (χ4v) is 2.73. The highest BCUT2D eigenvalue weighted by molar-refractivity contribution is 5.96. The lowest BCUT2D eigenvalue weighted by atomic mass is 10.1. The Kier molecular flexibility index (Phi) is 4.97. The fourth-order valence-electron chi connectivity index (χ4n) is 2.73. The van der Waals surface area contributed by atoms with Gasteiger partial charge in [-0.1, -0.05) is 18.1 Å². The second-order valence-electron chi connectivity index (χ2n) is 5.87. The Bertz CT molecular complexity index is 765. The summed E-state index contributed by atoms with van der Waals surface area (Å²) in [6.07, 6.45) is 0.704. The van der Waals surface area contributed by atoms with Gasteiger partial charge in [0.2, 0.25) is 11.8 Å². The van der Waals surface area contributed by atoms with E-state index in [1.54, 1.807) is 29.2 Å². The molecular formula is C17H21N5O3. The van der Waals surface area contributed by atoms with Crippen molar-refractivity contribution in [2.45, 2.75) is 20.3 Å². The lowest BCUT2D eigenvalue weighted by molar-refractivity contribution is -0.114. The zero-order chi connectivity index (χ0) is 17.8. The van der Waals surface area contributed by atoms with Crippen molar-refractivity contribution in [2.75, 3.05) is 36.4 Å². The predicted molar refractivity (Wildman–Crippen MR) is 92.5 cm³/mol. The third-order valence-electron chi connectivity index (χ3n) is 4.03. The number of rotatable bonds is 4. The van der Waals surface area contributed by atoms with Crippen molar-refractivity contribution >= 4 is 23.5 Å². The summed E-state index contributed by atoms with van der Waals surface area (Å²) in [5.74, 6) is 0.402. The Labute approximate surface area is 145 Å². The first-order valence-electron chi connectivity index (χ1n) is 8.31. The number of carbonyl (C=O) groups is 2. The van der Waals surface area contributed by atoms with Gasteiger partial charge in [0.05, 0.1) is 0 Å². The lowest BCUT2D eigenvalue weighted by Gasteiger charge is -2.33. The molecule has 2 amide bonds. The third kappa shape index (κ3) is 3.96. The van der Waals surface area contributed by atoms with Crippen LogP contribution in [0.2, 0.25) is 0 Å². The first-order valence-corrected chi connectivity index (χ1v) is 8.31. The van der Waals surface area contributed by atoms with Gasteiger partial charge in [0.15, 0.2) is 0 Å². The van der Waals surface area contributed by atoms with Gasteiger partial charge in [-0.2, -0.15) is 0 Å². The smallest absolute Gasteiger partial charge is 0.318 e. The van der Waals surface area contributed by atoms with E-state index in [1.165, 1.54) is 6.92 Å². The van der Waals surface area contributed by atoms with E-state index in [0.29, 0.717) is 55.8 Å². The monoisotopic (exact) mass is 343 g/mol. The molecule has 0 saturated carbocycles. The molecule has 1 aromatic heterocycles. The molecule has 132 valence electrons. The van der Waals surface area contributed by atoms with Crippen molar-refractivity contribution in [3.63, 3.8) is 0 Å². The molecule has 8 nitrogen and oxygen atoms in total. The highest BCUT2D eigenvalue weighted by Crippen LogP contribution is 2.17. The van der Waals surface area contributed by atoms with Gasteiger partial charge in [0.25, 0.3) is 5.91 Å². The van der Waals surface area contributed by atoms with E-state index in [4.69, 9.17) is 4.42 Å². The highest BCUT2D eigenvalue weighted by atomic mass is 16.4. The van der Waals surface area contributed by atoms with Crippen LogP contribution in [0.25, 0.3) is 0 Å². The number of aryl methyl sites for hydroxylation is 1. The first kappa shape index (κ1) is 16.9. The molecule has 1 fully saturated rings.